The zero-order valence-corrected chi connectivity index (χ0v) is 17.2. The molecule has 1 heterocycles. The van der Waals surface area contributed by atoms with Crippen LogP contribution in [0.3, 0.4) is 0 Å². The summed E-state index contributed by atoms with van der Waals surface area (Å²) in [6.45, 7) is 6.48. The van der Waals surface area contributed by atoms with E-state index in [0.717, 1.165) is 6.42 Å². The van der Waals surface area contributed by atoms with Crippen molar-refractivity contribution in [3.05, 3.63) is 53.6 Å². The maximum atomic E-state index is 12.8. The van der Waals surface area contributed by atoms with E-state index in [1.165, 1.54) is 0 Å². The van der Waals surface area contributed by atoms with Crippen LogP contribution in [0, 0.1) is 0 Å². The van der Waals surface area contributed by atoms with Gasteiger partial charge in [0.2, 0.25) is 0 Å². The first-order valence-electron chi connectivity index (χ1n) is 9.82. The second kappa shape index (κ2) is 8.86. The van der Waals surface area contributed by atoms with E-state index in [9.17, 15) is 14.4 Å². The van der Waals surface area contributed by atoms with Gasteiger partial charge < -0.3 is 20.1 Å². The molecule has 0 spiro atoms. The van der Waals surface area contributed by atoms with Crippen LogP contribution >= 0.6 is 0 Å². The van der Waals surface area contributed by atoms with Crippen molar-refractivity contribution in [2.75, 3.05) is 18.5 Å². The molecule has 2 aromatic carbocycles. The lowest BCUT2D eigenvalue weighted by atomic mass is 9.92. The number of hydrogen-bond acceptors (Lipinski definition) is 5. The minimum Gasteiger partial charge on any atom is -0.490 e. The predicted molar refractivity (Wildman–Crippen MR) is 112 cm³/mol. The fraction of sp³-hybridized carbons (Fsp3) is 0.318. The summed E-state index contributed by atoms with van der Waals surface area (Å²) >= 11 is 0. The van der Waals surface area contributed by atoms with E-state index in [2.05, 4.69) is 16.0 Å². The van der Waals surface area contributed by atoms with Crippen LogP contribution in [0.15, 0.2) is 42.5 Å². The molecule has 1 aliphatic heterocycles. The number of nitrogens with one attached hydrogen (secondary N) is 3. The predicted octanol–water partition coefficient (Wildman–Crippen LogP) is 3.18. The quantitative estimate of drug-likeness (QED) is 0.579. The molecule has 1 fully saturated rings. The van der Waals surface area contributed by atoms with E-state index in [-0.39, 0.29) is 5.91 Å². The van der Waals surface area contributed by atoms with Crippen LogP contribution < -0.4 is 25.4 Å². The number of urea groups is 1. The van der Waals surface area contributed by atoms with Gasteiger partial charge in [0, 0.05) is 11.3 Å². The SMILES string of the molecule is CCCOc1ccc(C(=O)Nc2cccc([C@@]3(C)NC(=O)NC3=O)c2)cc1OCC. The van der Waals surface area contributed by atoms with Gasteiger partial charge in [-0.25, -0.2) is 4.79 Å². The Morgan fingerprint density at radius 1 is 1.07 bits per heavy atom. The molecule has 0 saturated carbocycles. The lowest BCUT2D eigenvalue weighted by Gasteiger charge is -2.21. The number of imide groups is 1. The van der Waals surface area contributed by atoms with Gasteiger partial charge in [0.1, 0.15) is 5.54 Å². The Kier molecular flexibility index (Phi) is 6.25. The number of ether oxygens (including phenoxy) is 2. The average Bonchev–Trinajstić information content (AvgIpc) is 3.00. The first-order valence-corrected chi connectivity index (χ1v) is 9.82. The summed E-state index contributed by atoms with van der Waals surface area (Å²) in [5, 5.41) is 7.66. The molecule has 3 rings (SSSR count). The zero-order valence-electron chi connectivity index (χ0n) is 17.2. The van der Waals surface area contributed by atoms with Gasteiger partial charge >= 0.3 is 6.03 Å². The number of amides is 4. The van der Waals surface area contributed by atoms with E-state index in [1.807, 2.05) is 13.8 Å². The smallest absolute Gasteiger partial charge is 0.322 e. The number of hydrogen-bond donors (Lipinski definition) is 3. The Labute approximate surface area is 174 Å². The van der Waals surface area contributed by atoms with Gasteiger partial charge in [-0.05, 0) is 56.2 Å². The van der Waals surface area contributed by atoms with Crippen LogP contribution in [0.25, 0.3) is 0 Å². The van der Waals surface area contributed by atoms with Crippen molar-refractivity contribution in [3.8, 4) is 11.5 Å². The van der Waals surface area contributed by atoms with Gasteiger partial charge in [-0.1, -0.05) is 19.1 Å². The van der Waals surface area contributed by atoms with Crippen LogP contribution in [-0.4, -0.2) is 31.1 Å². The fourth-order valence-corrected chi connectivity index (χ4v) is 3.11. The number of anilines is 1. The highest BCUT2D eigenvalue weighted by atomic mass is 16.5. The maximum absolute atomic E-state index is 12.8. The van der Waals surface area contributed by atoms with Crippen molar-refractivity contribution < 1.29 is 23.9 Å². The average molecular weight is 411 g/mol. The van der Waals surface area contributed by atoms with Gasteiger partial charge in [0.15, 0.2) is 11.5 Å². The van der Waals surface area contributed by atoms with E-state index < -0.39 is 17.5 Å². The molecule has 4 amide bonds. The first-order chi connectivity index (χ1) is 14.4. The van der Waals surface area contributed by atoms with Crippen LogP contribution in [0.5, 0.6) is 11.5 Å². The van der Waals surface area contributed by atoms with Gasteiger partial charge in [-0.3, -0.25) is 14.9 Å². The van der Waals surface area contributed by atoms with Crippen LogP contribution in [0.2, 0.25) is 0 Å². The summed E-state index contributed by atoms with van der Waals surface area (Å²) in [6, 6.07) is 11.3. The first kappa shape index (κ1) is 21.2. The van der Waals surface area contributed by atoms with Crippen LogP contribution in [-0.2, 0) is 10.3 Å². The summed E-state index contributed by atoms with van der Waals surface area (Å²) in [5.41, 5.74) is 0.267. The summed E-state index contributed by atoms with van der Waals surface area (Å²) in [5.74, 6) is 0.318. The summed E-state index contributed by atoms with van der Waals surface area (Å²) in [4.78, 5) is 36.5. The number of benzene rings is 2. The maximum Gasteiger partial charge on any atom is 0.322 e. The van der Waals surface area contributed by atoms with Crippen LogP contribution in [0.1, 0.15) is 43.1 Å². The second-order valence-corrected chi connectivity index (χ2v) is 7.01. The van der Waals surface area contributed by atoms with Crippen molar-refractivity contribution in [2.45, 2.75) is 32.7 Å². The highest BCUT2D eigenvalue weighted by Crippen LogP contribution is 2.30. The van der Waals surface area contributed by atoms with Crippen molar-refractivity contribution in [2.24, 2.45) is 0 Å². The molecular formula is C22H25N3O5. The minimum atomic E-state index is -1.20. The standard InChI is InChI=1S/C22H25N3O5/c1-4-11-30-17-10-9-14(12-18(17)29-5-2)19(26)23-16-8-6-7-15(13-16)22(3)20(27)24-21(28)25-22/h6-10,12-13H,4-5,11H2,1-3H3,(H,23,26)(H2,24,25,27,28)/t22-/m1/s1. The molecule has 8 nitrogen and oxygen atoms in total. The third-order valence-electron chi connectivity index (χ3n) is 4.71. The number of carbonyl (C=O) groups is 3. The molecule has 0 radical (unpaired) electrons. The number of rotatable bonds is 8. The molecule has 0 aliphatic carbocycles. The van der Waals surface area contributed by atoms with Crippen molar-refractivity contribution in [1.82, 2.24) is 10.6 Å². The molecule has 0 aromatic heterocycles. The minimum absolute atomic E-state index is 0.333. The molecule has 1 saturated heterocycles. The summed E-state index contributed by atoms with van der Waals surface area (Å²) in [7, 11) is 0. The Morgan fingerprint density at radius 3 is 2.53 bits per heavy atom. The van der Waals surface area contributed by atoms with E-state index in [1.54, 1.807) is 49.4 Å². The molecule has 3 N–H and O–H groups in total. The lowest BCUT2D eigenvalue weighted by Crippen LogP contribution is -2.40. The van der Waals surface area contributed by atoms with Gasteiger partial charge in [0.25, 0.3) is 11.8 Å². The molecule has 1 atom stereocenters. The highest BCUT2D eigenvalue weighted by molar-refractivity contribution is 6.08. The summed E-state index contributed by atoms with van der Waals surface area (Å²) in [6.07, 6.45) is 0.863. The van der Waals surface area contributed by atoms with Crippen molar-refractivity contribution >= 4 is 23.5 Å². The molecule has 158 valence electrons. The largest absolute Gasteiger partial charge is 0.490 e. The monoisotopic (exact) mass is 411 g/mol. The Bertz CT molecular complexity index is 975. The Balaban J connectivity index is 1.80. The Morgan fingerprint density at radius 2 is 1.87 bits per heavy atom. The zero-order chi connectivity index (χ0) is 21.7. The molecule has 0 unspecified atom stereocenters. The van der Waals surface area contributed by atoms with Crippen molar-refractivity contribution in [3.63, 3.8) is 0 Å². The van der Waals surface area contributed by atoms with Gasteiger partial charge in [-0.15, -0.1) is 0 Å². The summed E-state index contributed by atoms with van der Waals surface area (Å²) < 4.78 is 11.3. The van der Waals surface area contributed by atoms with E-state index in [4.69, 9.17) is 9.47 Å². The topological polar surface area (TPSA) is 106 Å². The van der Waals surface area contributed by atoms with E-state index in [0.29, 0.717) is 41.5 Å². The van der Waals surface area contributed by atoms with Crippen molar-refractivity contribution in [1.29, 1.82) is 0 Å². The highest BCUT2D eigenvalue weighted by Gasteiger charge is 2.43. The fourth-order valence-electron chi connectivity index (χ4n) is 3.11. The Hall–Kier alpha value is -3.55. The molecule has 30 heavy (non-hydrogen) atoms. The molecule has 8 heteroatoms. The molecule has 2 aromatic rings. The number of carbonyl (C=O) groups excluding carboxylic acids is 3. The van der Waals surface area contributed by atoms with Gasteiger partial charge in [-0.2, -0.15) is 0 Å². The third-order valence-corrected chi connectivity index (χ3v) is 4.71. The van der Waals surface area contributed by atoms with Crippen LogP contribution in [0.4, 0.5) is 10.5 Å². The second-order valence-electron chi connectivity index (χ2n) is 7.01. The van der Waals surface area contributed by atoms with E-state index >= 15 is 0 Å². The lowest BCUT2D eigenvalue weighted by molar-refractivity contribution is -0.123. The normalized spacial score (nSPS) is 17.8. The molecule has 0 bridgehead atoms. The molecular weight excluding hydrogens is 386 g/mol. The van der Waals surface area contributed by atoms with Gasteiger partial charge in [0.05, 0.1) is 13.2 Å². The third kappa shape index (κ3) is 4.37. The molecule has 1 aliphatic rings.